The van der Waals surface area contributed by atoms with Crippen LogP contribution in [0.25, 0.3) is 0 Å². The summed E-state index contributed by atoms with van der Waals surface area (Å²) < 4.78 is 0. The topological polar surface area (TPSA) is 58.2 Å². The van der Waals surface area contributed by atoms with Gasteiger partial charge in [-0.05, 0) is 50.4 Å². The Morgan fingerprint density at radius 2 is 1.00 bits per heavy atom. The molecule has 0 bridgehead atoms. The van der Waals surface area contributed by atoms with Crippen LogP contribution in [-0.2, 0) is 9.59 Å². The number of carbonyl (C=O) groups excluding carboxylic acids is 2. The Hall–Kier alpha value is -1.58. The minimum Gasteiger partial charge on any atom is -0.273 e. The van der Waals surface area contributed by atoms with Crippen molar-refractivity contribution in [3.63, 3.8) is 0 Å². The van der Waals surface area contributed by atoms with Crippen LogP contribution in [0.2, 0.25) is 0 Å². The molecule has 0 aromatic heterocycles. The smallest absolute Gasteiger partial charge is 0.242 e. The molecule has 0 unspecified atom stereocenters. The van der Waals surface area contributed by atoms with Gasteiger partial charge in [-0.1, -0.05) is 51.0 Å². The molecule has 2 N–H and O–H groups in total. The van der Waals surface area contributed by atoms with Crippen molar-refractivity contribution in [3.05, 3.63) is 23.3 Å². The summed E-state index contributed by atoms with van der Waals surface area (Å²) in [6, 6.07) is 0. The normalized spacial score (nSPS) is 31.5. The maximum absolute atomic E-state index is 12.4. The SMILES string of the molecule is CC(C)=C[C@H]1[C@@H](C(=O)NNC(=O)[C@H]2[C@H](C=C(C)C)C2(C)C)C1(C)C. The molecule has 2 rings (SSSR count). The van der Waals surface area contributed by atoms with Gasteiger partial charge in [0, 0.05) is 0 Å². The van der Waals surface area contributed by atoms with E-state index in [2.05, 4.69) is 50.7 Å². The summed E-state index contributed by atoms with van der Waals surface area (Å²) in [5.74, 6) is 0.161. The van der Waals surface area contributed by atoms with Crippen molar-refractivity contribution in [1.82, 2.24) is 10.9 Å². The molecular formula is C20H32N2O2. The zero-order valence-electron chi connectivity index (χ0n) is 16.3. The second-order valence-corrected chi connectivity index (χ2v) is 9.12. The fourth-order valence-electron chi connectivity index (χ4n) is 3.98. The van der Waals surface area contributed by atoms with Gasteiger partial charge in [0.15, 0.2) is 0 Å². The standard InChI is InChI=1S/C20H32N2O2/c1-11(2)9-13-15(19(13,5)6)17(23)21-22-18(24)16-14(10-12(3)4)20(16,7)8/h9-10,13-16H,1-8H3,(H,21,23)(H,22,24)/t13-,14-,15-,16+/m0/s1. The molecule has 4 heteroatoms. The van der Waals surface area contributed by atoms with Gasteiger partial charge in [0.25, 0.3) is 0 Å². The van der Waals surface area contributed by atoms with Crippen LogP contribution < -0.4 is 10.9 Å². The number of carbonyl (C=O) groups is 2. The van der Waals surface area contributed by atoms with E-state index >= 15 is 0 Å². The molecule has 0 spiro atoms. The molecule has 4 atom stereocenters. The first-order valence-electron chi connectivity index (χ1n) is 8.80. The fraction of sp³-hybridized carbons (Fsp3) is 0.700. The average molecular weight is 332 g/mol. The van der Waals surface area contributed by atoms with Crippen LogP contribution in [-0.4, -0.2) is 11.8 Å². The lowest BCUT2D eigenvalue weighted by Crippen LogP contribution is -2.44. The molecule has 2 aliphatic rings. The van der Waals surface area contributed by atoms with Gasteiger partial charge in [0.05, 0.1) is 11.8 Å². The first kappa shape index (κ1) is 18.8. The second kappa shape index (κ2) is 6.05. The predicted octanol–water partition coefficient (Wildman–Crippen LogP) is 3.61. The van der Waals surface area contributed by atoms with E-state index in [1.165, 1.54) is 11.1 Å². The highest BCUT2D eigenvalue weighted by atomic mass is 16.2. The van der Waals surface area contributed by atoms with Gasteiger partial charge in [-0.15, -0.1) is 0 Å². The Kier molecular flexibility index (Phi) is 4.73. The van der Waals surface area contributed by atoms with E-state index in [0.717, 1.165) is 0 Å². The van der Waals surface area contributed by atoms with Crippen LogP contribution in [0.1, 0.15) is 55.4 Å². The molecule has 0 aliphatic heterocycles. The van der Waals surface area contributed by atoms with Crippen molar-refractivity contribution in [2.75, 3.05) is 0 Å². The Labute approximate surface area is 146 Å². The second-order valence-electron chi connectivity index (χ2n) is 9.12. The molecule has 0 saturated heterocycles. The summed E-state index contributed by atoms with van der Waals surface area (Å²) >= 11 is 0. The van der Waals surface area contributed by atoms with E-state index in [-0.39, 0.29) is 46.3 Å². The molecule has 2 fully saturated rings. The minimum absolute atomic E-state index is 0.0461. The lowest BCUT2D eigenvalue weighted by atomic mass is 10.1. The number of hydrazine groups is 1. The Bertz CT molecular complexity index is 551. The largest absolute Gasteiger partial charge is 0.273 e. The molecule has 2 aliphatic carbocycles. The quantitative estimate of drug-likeness (QED) is 0.610. The highest BCUT2D eigenvalue weighted by molar-refractivity contribution is 5.89. The minimum atomic E-state index is -0.0897. The van der Waals surface area contributed by atoms with Crippen LogP contribution in [0.3, 0.4) is 0 Å². The summed E-state index contributed by atoms with van der Waals surface area (Å²) in [6.07, 6.45) is 4.31. The summed E-state index contributed by atoms with van der Waals surface area (Å²) in [4.78, 5) is 24.8. The van der Waals surface area contributed by atoms with Crippen molar-refractivity contribution in [3.8, 4) is 0 Å². The van der Waals surface area contributed by atoms with Gasteiger partial charge < -0.3 is 0 Å². The number of allylic oxidation sites excluding steroid dienone is 4. The van der Waals surface area contributed by atoms with Crippen molar-refractivity contribution < 1.29 is 9.59 Å². The molecule has 4 nitrogen and oxygen atoms in total. The first-order valence-corrected chi connectivity index (χ1v) is 8.80. The number of hydrogen-bond donors (Lipinski definition) is 2. The van der Waals surface area contributed by atoms with Gasteiger partial charge in [-0.2, -0.15) is 0 Å². The zero-order chi connectivity index (χ0) is 18.4. The van der Waals surface area contributed by atoms with E-state index < -0.39 is 0 Å². The van der Waals surface area contributed by atoms with Crippen LogP contribution in [0.4, 0.5) is 0 Å². The monoisotopic (exact) mass is 332 g/mol. The average Bonchev–Trinajstić information content (AvgIpc) is 3.15. The van der Waals surface area contributed by atoms with Crippen LogP contribution in [0, 0.1) is 34.5 Å². The Balaban J connectivity index is 1.91. The highest BCUT2D eigenvalue weighted by Gasteiger charge is 2.62. The number of amides is 2. The number of rotatable bonds is 4. The summed E-state index contributed by atoms with van der Waals surface area (Å²) in [6.45, 7) is 16.6. The molecular weight excluding hydrogens is 300 g/mol. The maximum Gasteiger partial charge on any atom is 0.242 e. The third kappa shape index (κ3) is 3.42. The molecule has 134 valence electrons. The van der Waals surface area contributed by atoms with Gasteiger partial charge in [-0.3, -0.25) is 20.4 Å². The molecule has 0 aromatic carbocycles. The number of hydrogen-bond acceptors (Lipinski definition) is 2. The van der Waals surface area contributed by atoms with Crippen LogP contribution in [0.5, 0.6) is 0 Å². The highest BCUT2D eigenvalue weighted by Crippen LogP contribution is 2.60. The van der Waals surface area contributed by atoms with Crippen LogP contribution in [0.15, 0.2) is 23.3 Å². The number of nitrogens with one attached hydrogen (secondary N) is 2. The Morgan fingerprint density at radius 3 is 1.25 bits per heavy atom. The van der Waals surface area contributed by atoms with Crippen molar-refractivity contribution in [2.45, 2.75) is 55.4 Å². The van der Waals surface area contributed by atoms with E-state index in [9.17, 15) is 9.59 Å². The molecule has 0 aromatic rings. The van der Waals surface area contributed by atoms with Crippen molar-refractivity contribution in [2.24, 2.45) is 34.5 Å². The molecule has 0 heterocycles. The third-order valence-electron chi connectivity index (χ3n) is 5.72. The lowest BCUT2D eigenvalue weighted by molar-refractivity contribution is -0.131. The molecule has 2 saturated carbocycles. The van der Waals surface area contributed by atoms with E-state index in [4.69, 9.17) is 0 Å². The molecule has 24 heavy (non-hydrogen) atoms. The van der Waals surface area contributed by atoms with E-state index in [1.54, 1.807) is 0 Å². The molecule has 2 amide bonds. The summed E-state index contributed by atoms with van der Waals surface area (Å²) in [5, 5.41) is 0. The van der Waals surface area contributed by atoms with Gasteiger partial charge >= 0.3 is 0 Å². The van der Waals surface area contributed by atoms with Gasteiger partial charge in [0.1, 0.15) is 0 Å². The van der Waals surface area contributed by atoms with Gasteiger partial charge in [-0.25, -0.2) is 0 Å². The first-order chi connectivity index (χ1) is 10.9. The zero-order valence-corrected chi connectivity index (χ0v) is 16.3. The summed E-state index contributed by atoms with van der Waals surface area (Å²) in [7, 11) is 0. The lowest BCUT2D eigenvalue weighted by Gasteiger charge is -2.08. The van der Waals surface area contributed by atoms with Crippen molar-refractivity contribution in [1.29, 1.82) is 0 Å². The Morgan fingerprint density at radius 1 is 0.708 bits per heavy atom. The third-order valence-corrected chi connectivity index (χ3v) is 5.72. The van der Waals surface area contributed by atoms with Crippen molar-refractivity contribution >= 4 is 11.8 Å². The van der Waals surface area contributed by atoms with E-state index in [1.807, 2.05) is 27.7 Å². The fourth-order valence-corrected chi connectivity index (χ4v) is 3.98. The maximum atomic E-state index is 12.4. The molecule has 0 radical (unpaired) electrons. The van der Waals surface area contributed by atoms with Gasteiger partial charge in [0.2, 0.25) is 11.8 Å². The predicted molar refractivity (Wildman–Crippen MR) is 96.7 cm³/mol. The summed E-state index contributed by atoms with van der Waals surface area (Å²) in [5.41, 5.74) is 7.64. The van der Waals surface area contributed by atoms with E-state index in [0.29, 0.717) is 0 Å². The van der Waals surface area contributed by atoms with Crippen LogP contribution >= 0.6 is 0 Å².